The maximum atomic E-state index is 9.34. The number of hydrogen-bond donors (Lipinski definition) is 2. The van der Waals surface area contributed by atoms with E-state index in [1.807, 2.05) is 0 Å². The molecule has 0 bridgehead atoms. The van der Waals surface area contributed by atoms with E-state index in [0.29, 0.717) is 11.8 Å². The van der Waals surface area contributed by atoms with Crippen LogP contribution in [0.25, 0.3) is 0 Å². The van der Waals surface area contributed by atoms with E-state index in [1.54, 1.807) is 0 Å². The second-order valence-electron chi connectivity index (χ2n) is 5.05. The largest absolute Gasteiger partial charge is 0.396 e. The molecule has 78 valence electrons. The molecule has 0 aromatic carbocycles. The molecule has 2 nitrogen and oxygen atoms in total. The van der Waals surface area contributed by atoms with Gasteiger partial charge >= 0.3 is 0 Å². The van der Waals surface area contributed by atoms with Gasteiger partial charge in [-0.25, -0.2) is 0 Å². The minimum Gasteiger partial charge on any atom is -0.396 e. The Labute approximate surface area is 81.0 Å². The summed E-state index contributed by atoms with van der Waals surface area (Å²) in [6, 6.07) is 0. The fourth-order valence-corrected chi connectivity index (χ4v) is 2.75. The van der Waals surface area contributed by atoms with Crippen LogP contribution in [0.1, 0.15) is 33.6 Å². The van der Waals surface area contributed by atoms with Gasteiger partial charge in [0.05, 0.1) is 0 Å². The van der Waals surface area contributed by atoms with Crippen LogP contribution in [-0.4, -0.2) is 23.4 Å². The van der Waals surface area contributed by atoms with Gasteiger partial charge in [0.1, 0.15) is 0 Å². The van der Waals surface area contributed by atoms with E-state index < -0.39 is 0 Å². The second kappa shape index (κ2) is 3.97. The van der Waals surface area contributed by atoms with E-state index in [1.165, 1.54) is 0 Å². The van der Waals surface area contributed by atoms with Crippen molar-refractivity contribution in [2.75, 3.05) is 13.2 Å². The molecule has 0 saturated heterocycles. The molecular formula is C11H22O2. The molecule has 0 heterocycles. The minimum atomic E-state index is -0.0380. The Morgan fingerprint density at radius 3 is 2.38 bits per heavy atom. The Morgan fingerprint density at radius 1 is 1.38 bits per heavy atom. The Morgan fingerprint density at radius 2 is 2.00 bits per heavy atom. The standard InChI is InChI=1S/C11H22O2/c1-8(2)9-4-5-11(3,7-13)10(9)6-12/h8-10,12-13H,4-7H2,1-3H3/t9-,10+,11+/m0/s1. The SMILES string of the molecule is CC(C)[C@@H]1CC[C@](C)(CO)[C@@H]1CO. The Bertz CT molecular complexity index is 167. The zero-order valence-corrected chi connectivity index (χ0v) is 8.95. The molecule has 3 atom stereocenters. The Hall–Kier alpha value is -0.0800. The van der Waals surface area contributed by atoms with Crippen LogP contribution in [0.15, 0.2) is 0 Å². The van der Waals surface area contributed by atoms with Crippen molar-refractivity contribution in [3.05, 3.63) is 0 Å². The fourth-order valence-electron chi connectivity index (χ4n) is 2.75. The number of hydrogen-bond acceptors (Lipinski definition) is 2. The van der Waals surface area contributed by atoms with Gasteiger partial charge in [0.2, 0.25) is 0 Å². The van der Waals surface area contributed by atoms with E-state index in [4.69, 9.17) is 0 Å². The average Bonchev–Trinajstić information content (AvgIpc) is 2.43. The first-order valence-corrected chi connectivity index (χ1v) is 5.27. The first kappa shape index (κ1) is 11.0. The lowest BCUT2D eigenvalue weighted by molar-refractivity contribution is 0.0394. The van der Waals surface area contributed by atoms with Crippen LogP contribution in [-0.2, 0) is 0 Å². The van der Waals surface area contributed by atoms with E-state index in [-0.39, 0.29) is 24.5 Å². The van der Waals surface area contributed by atoms with Gasteiger partial charge in [0, 0.05) is 13.2 Å². The van der Waals surface area contributed by atoms with E-state index in [2.05, 4.69) is 20.8 Å². The van der Waals surface area contributed by atoms with Crippen molar-refractivity contribution in [3.8, 4) is 0 Å². The lowest BCUT2D eigenvalue weighted by Crippen LogP contribution is -2.33. The molecular weight excluding hydrogens is 164 g/mol. The predicted octanol–water partition coefficient (Wildman–Crippen LogP) is 1.66. The smallest absolute Gasteiger partial charge is 0.0488 e. The molecule has 2 heteroatoms. The van der Waals surface area contributed by atoms with Crippen LogP contribution < -0.4 is 0 Å². The molecule has 1 fully saturated rings. The topological polar surface area (TPSA) is 40.5 Å². The molecule has 13 heavy (non-hydrogen) atoms. The first-order chi connectivity index (χ1) is 6.05. The lowest BCUT2D eigenvalue weighted by atomic mass is 9.75. The van der Waals surface area contributed by atoms with Crippen LogP contribution in [0.2, 0.25) is 0 Å². The summed E-state index contributed by atoms with van der Waals surface area (Å²) < 4.78 is 0. The maximum absolute atomic E-state index is 9.34. The fraction of sp³-hybridized carbons (Fsp3) is 1.00. The molecule has 1 aliphatic carbocycles. The van der Waals surface area contributed by atoms with Crippen molar-refractivity contribution in [2.24, 2.45) is 23.2 Å². The summed E-state index contributed by atoms with van der Waals surface area (Å²) >= 11 is 0. The third-order valence-corrected chi connectivity index (χ3v) is 3.87. The molecule has 0 aromatic rings. The normalized spacial score (nSPS) is 40.2. The van der Waals surface area contributed by atoms with Crippen LogP contribution >= 0.6 is 0 Å². The van der Waals surface area contributed by atoms with Crippen molar-refractivity contribution in [3.63, 3.8) is 0 Å². The van der Waals surface area contributed by atoms with Crippen LogP contribution in [0.5, 0.6) is 0 Å². The van der Waals surface area contributed by atoms with Gasteiger partial charge in [-0.3, -0.25) is 0 Å². The highest BCUT2D eigenvalue weighted by Gasteiger charge is 2.45. The summed E-state index contributed by atoms with van der Waals surface area (Å²) in [7, 11) is 0. The van der Waals surface area contributed by atoms with Gasteiger partial charge in [-0.05, 0) is 36.0 Å². The summed E-state index contributed by atoms with van der Waals surface area (Å²) in [5.74, 6) is 1.49. The molecule has 1 saturated carbocycles. The molecule has 2 N–H and O–H groups in total. The van der Waals surface area contributed by atoms with Crippen molar-refractivity contribution in [2.45, 2.75) is 33.6 Å². The molecule has 0 aliphatic heterocycles. The molecule has 0 unspecified atom stereocenters. The summed E-state index contributed by atoms with van der Waals surface area (Å²) in [5.41, 5.74) is -0.0380. The quantitative estimate of drug-likeness (QED) is 0.703. The molecule has 0 spiro atoms. The average molecular weight is 186 g/mol. The predicted molar refractivity (Wildman–Crippen MR) is 53.3 cm³/mol. The Kier molecular flexibility index (Phi) is 3.36. The monoisotopic (exact) mass is 186 g/mol. The summed E-state index contributed by atoms with van der Waals surface area (Å²) in [5, 5.41) is 18.7. The van der Waals surface area contributed by atoms with Crippen molar-refractivity contribution < 1.29 is 10.2 Å². The van der Waals surface area contributed by atoms with Crippen LogP contribution in [0.4, 0.5) is 0 Å². The Balaban J connectivity index is 2.74. The third kappa shape index (κ3) is 1.89. The highest BCUT2D eigenvalue weighted by Crippen LogP contribution is 2.48. The maximum Gasteiger partial charge on any atom is 0.0488 e. The summed E-state index contributed by atoms with van der Waals surface area (Å²) in [6.45, 7) is 6.94. The first-order valence-electron chi connectivity index (χ1n) is 5.27. The van der Waals surface area contributed by atoms with E-state index in [0.717, 1.165) is 12.8 Å². The zero-order valence-electron chi connectivity index (χ0n) is 8.95. The van der Waals surface area contributed by atoms with Gasteiger partial charge in [0.25, 0.3) is 0 Å². The van der Waals surface area contributed by atoms with Crippen LogP contribution in [0.3, 0.4) is 0 Å². The van der Waals surface area contributed by atoms with E-state index in [9.17, 15) is 10.2 Å². The molecule has 0 aromatic heterocycles. The molecule has 0 amide bonds. The minimum absolute atomic E-state index is 0.0380. The highest BCUT2D eigenvalue weighted by molar-refractivity contribution is 4.94. The van der Waals surface area contributed by atoms with Gasteiger partial charge in [-0.1, -0.05) is 20.8 Å². The number of aliphatic hydroxyl groups is 2. The summed E-state index contributed by atoms with van der Waals surface area (Å²) in [6.07, 6.45) is 2.21. The third-order valence-electron chi connectivity index (χ3n) is 3.87. The lowest BCUT2D eigenvalue weighted by Gasteiger charge is -2.32. The van der Waals surface area contributed by atoms with Crippen molar-refractivity contribution >= 4 is 0 Å². The van der Waals surface area contributed by atoms with Crippen LogP contribution in [0, 0.1) is 23.2 Å². The van der Waals surface area contributed by atoms with E-state index >= 15 is 0 Å². The second-order valence-corrected chi connectivity index (χ2v) is 5.05. The van der Waals surface area contributed by atoms with Gasteiger partial charge in [0.15, 0.2) is 0 Å². The highest BCUT2D eigenvalue weighted by atomic mass is 16.3. The van der Waals surface area contributed by atoms with Gasteiger partial charge < -0.3 is 10.2 Å². The number of rotatable bonds is 3. The summed E-state index contributed by atoms with van der Waals surface area (Å²) in [4.78, 5) is 0. The molecule has 1 aliphatic rings. The van der Waals surface area contributed by atoms with Crippen molar-refractivity contribution in [1.29, 1.82) is 0 Å². The zero-order chi connectivity index (χ0) is 10.1. The molecule has 0 radical (unpaired) electrons. The van der Waals surface area contributed by atoms with Crippen molar-refractivity contribution in [1.82, 2.24) is 0 Å². The molecule has 1 rings (SSSR count). The van der Waals surface area contributed by atoms with Gasteiger partial charge in [-0.2, -0.15) is 0 Å². The number of aliphatic hydroxyl groups excluding tert-OH is 2. The van der Waals surface area contributed by atoms with Gasteiger partial charge in [-0.15, -0.1) is 0 Å².